The van der Waals surface area contributed by atoms with Gasteiger partial charge in [0.05, 0.1) is 0 Å². The van der Waals surface area contributed by atoms with E-state index < -0.39 is 0 Å². The van der Waals surface area contributed by atoms with Gasteiger partial charge in [0.1, 0.15) is 12.9 Å². The minimum absolute atomic E-state index is 0.523. The lowest BCUT2D eigenvalue weighted by molar-refractivity contribution is 0.695. The fourth-order valence-electron chi connectivity index (χ4n) is 2.01. The Morgan fingerprint density at radius 2 is 2.04 bits per heavy atom. The van der Waals surface area contributed by atoms with Crippen molar-refractivity contribution in [1.82, 2.24) is 25.4 Å². The molecule has 0 aliphatic carbocycles. The van der Waals surface area contributed by atoms with E-state index in [0.29, 0.717) is 6.54 Å². The smallest absolute Gasteiger partial charge is 0.191 e. The summed E-state index contributed by atoms with van der Waals surface area (Å²) in [6.45, 7) is 7.19. The van der Waals surface area contributed by atoms with Crippen LogP contribution in [0.3, 0.4) is 0 Å². The summed E-state index contributed by atoms with van der Waals surface area (Å²) in [7, 11) is 0. The molecule has 124 valence electrons. The van der Waals surface area contributed by atoms with Gasteiger partial charge in [0.15, 0.2) is 11.8 Å². The average molecular weight is 332 g/mol. The number of hydrogen-bond acceptors (Lipinski definition) is 4. The van der Waals surface area contributed by atoms with Crippen molar-refractivity contribution in [3.8, 4) is 0 Å². The first-order valence-electron chi connectivity index (χ1n) is 7.90. The molecule has 0 saturated heterocycles. The van der Waals surface area contributed by atoms with Gasteiger partial charge in [0.2, 0.25) is 0 Å². The van der Waals surface area contributed by atoms with Crippen LogP contribution >= 0.6 is 11.8 Å². The second-order valence-electron chi connectivity index (χ2n) is 4.82. The van der Waals surface area contributed by atoms with Crippen molar-refractivity contribution in [3.05, 3.63) is 42.5 Å². The highest BCUT2D eigenvalue weighted by atomic mass is 32.2. The molecule has 0 aliphatic heterocycles. The molecular weight excluding hydrogens is 308 g/mol. The number of nitrogens with zero attached hydrogens (tertiary/aromatic N) is 4. The third-order valence-corrected chi connectivity index (χ3v) is 4.18. The number of benzene rings is 1. The molecule has 0 aliphatic rings. The lowest BCUT2D eigenvalue weighted by Crippen LogP contribution is -2.38. The largest absolute Gasteiger partial charge is 0.357 e. The van der Waals surface area contributed by atoms with E-state index in [1.807, 2.05) is 22.4 Å². The molecule has 6 nitrogen and oxygen atoms in total. The predicted molar refractivity (Wildman–Crippen MR) is 95.7 cm³/mol. The van der Waals surface area contributed by atoms with Crippen molar-refractivity contribution in [2.75, 3.05) is 18.8 Å². The van der Waals surface area contributed by atoms with Crippen LogP contribution in [0.1, 0.15) is 19.7 Å². The minimum atomic E-state index is 0.523. The van der Waals surface area contributed by atoms with E-state index in [1.165, 1.54) is 4.90 Å². The second kappa shape index (κ2) is 9.89. The fraction of sp³-hybridized carbons (Fsp3) is 0.438. The molecule has 23 heavy (non-hydrogen) atoms. The molecule has 0 saturated carbocycles. The Balaban J connectivity index is 1.80. The standard InChI is InChI=1S/C16H24N6S/c1-3-17-16(19-12-15-21-20-13-22(15)4-2)18-10-11-23-14-8-6-5-7-9-14/h5-9,13H,3-4,10-12H2,1-2H3,(H2,17,18,19). The number of aryl methyl sites for hydroxylation is 1. The van der Waals surface area contributed by atoms with Gasteiger partial charge in [-0.15, -0.1) is 22.0 Å². The average Bonchev–Trinajstić information content (AvgIpc) is 3.05. The number of aromatic nitrogens is 3. The van der Waals surface area contributed by atoms with Crippen LogP contribution < -0.4 is 10.6 Å². The Labute approximate surface area is 141 Å². The second-order valence-corrected chi connectivity index (χ2v) is 5.98. The molecule has 7 heteroatoms. The first-order chi connectivity index (χ1) is 11.3. The molecule has 0 amide bonds. The Kier molecular flexibility index (Phi) is 7.45. The van der Waals surface area contributed by atoms with E-state index in [1.54, 1.807) is 6.33 Å². The molecule has 1 aromatic heterocycles. The first-order valence-corrected chi connectivity index (χ1v) is 8.88. The number of nitrogens with one attached hydrogen (secondary N) is 2. The van der Waals surface area contributed by atoms with E-state index in [-0.39, 0.29) is 0 Å². The Morgan fingerprint density at radius 1 is 1.22 bits per heavy atom. The van der Waals surface area contributed by atoms with E-state index in [2.05, 4.69) is 63.9 Å². The maximum atomic E-state index is 4.57. The Morgan fingerprint density at radius 3 is 2.78 bits per heavy atom. The summed E-state index contributed by atoms with van der Waals surface area (Å²) < 4.78 is 2.00. The number of guanidine groups is 1. The zero-order chi connectivity index (χ0) is 16.3. The normalized spacial score (nSPS) is 11.5. The number of rotatable bonds is 8. The van der Waals surface area contributed by atoms with Gasteiger partial charge in [0, 0.05) is 30.3 Å². The highest BCUT2D eigenvalue weighted by Crippen LogP contribution is 2.15. The summed E-state index contributed by atoms with van der Waals surface area (Å²) in [5, 5.41) is 14.6. The number of thioether (sulfide) groups is 1. The summed E-state index contributed by atoms with van der Waals surface area (Å²) in [5.74, 6) is 2.68. The van der Waals surface area contributed by atoms with Gasteiger partial charge < -0.3 is 15.2 Å². The van der Waals surface area contributed by atoms with E-state index in [0.717, 1.165) is 37.2 Å². The lowest BCUT2D eigenvalue weighted by Gasteiger charge is -2.11. The van der Waals surface area contributed by atoms with Gasteiger partial charge in [-0.25, -0.2) is 4.99 Å². The molecule has 2 rings (SSSR count). The van der Waals surface area contributed by atoms with Crippen LogP contribution in [-0.4, -0.2) is 39.6 Å². The van der Waals surface area contributed by atoms with E-state index in [4.69, 9.17) is 0 Å². The SMILES string of the molecule is CCNC(=NCc1nncn1CC)NCCSc1ccccc1. The topological polar surface area (TPSA) is 67.1 Å². The maximum Gasteiger partial charge on any atom is 0.191 e. The van der Waals surface area contributed by atoms with Gasteiger partial charge >= 0.3 is 0 Å². The molecule has 2 N–H and O–H groups in total. The van der Waals surface area contributed by atoms with Crippen LogP contribution in [-0.2, 0) is 13.1 Å². The number of hydrogen-bond donors (Lipinski definition) is 2. The molecular formula is C16H24N6S. The quantitative estimate of drug-likeness (QED) is 0.335. The lowest BCUT2D eigenvalue weighted by atomic mass is 10.4. The molecule has 2 aromatic rings. The zero-order valence-electron chi connectivity index (χ0n) is 13.7. The molecule has 1 aromatic carbocycles. The van der Waals surface area contributed by atoms with Gasteiger partial charge in [-0.3, -0.25) is 0 Å². The monoisotopic (exact) mass is 332 g/mol. The van der Waals surface area contributed by atoms with Gasteiger partial charge in [-0.1, -0.05) is 18.2 Å². The summed E-state index contributed by atoms with van der Waals surface area (Å²) >= 11 is 1.83. The molecule has 0 unspecified atom stereocenters. The first kappa shape index (κ1) is 17.3. The fourth-order valence-corrected chi connectivity index (χ4v) is 2.80. The third-order valence-electron chi connectivity index (χ3n) is 3.17. The summed E-state index contributed by atoms with van der Waals surface area (Å²) in [6.07, 6.45) is 1.74. The van der Waals surface area contributed by atoms with E-state index >= 15 is 0 Å². The number of aliphatic imine (C=N–C) groups is 1. The van der Waals surface area contributed by atoms with Crippen molar-refractivity contribution in [2.24, 2.45) is 4.99 Å². The van der Waals surface area contributed by atoms with Crippen molar-refractivity contribution in [1.29, 1.82) is 0 Å². The molecule has 0 spiro atoms. The molecule has 0 fully saturated rings. The van der Waals surface area contributed by atoms with Crippen LogP contribution in [0.4, 0.5) is 0 Å². The van der Waals surface area contributed by atoms with Crippen molar-refractivity contribution >= 4 is 17.7 Å². The highest BCUT2D eigenvalue weighted by Gasteiger charge is 2.03. The molecule has 0 radical (unpaired) electrons. The van der Waals surface area contributed by atoms with E-state index in [9.17, 15) is 0 Å². The molecule has 0 bridgehead atoms. The van der Waals surface area contributed by atoms with Crippen LogP contribution in [0.25, 0.3) is 0 Å². The van der Waals surface area contributed by atoms with Crippen molar-refractivity contribution in [2.45, 2.75) is 31.8 Å². The van der Waals surface area contributed by atoms with Crippen LogP contribution in [0, 0.1) is 0 Å². The van der Waals surface area contributed by atoms with Crippen molar-refractivity contribution < 1.29 is 0 Å². The van der Waals surface area contributed by atoms with Crippen molar-refractivity contribution in [3.63, 3.8) is 0 Å². The van der Waals surface area contributed by atoms with Gasteiger partial charge in [-0.2, -0.15) is 0 Å². The Hall–Kier alpha value is -2.02. The predicted octanol–water partition coefficient (Wildman–Crippen LogP) is 2.15. The Bertz CT molecular complexity index is 596. The maximum absolute atomic E-state index is 4.57. The van der Waals surface area contributed by atoms with Gasteiger partial charge in [-0.05, 0) is 26.0 Å². The summed E-state index contributed by atoms with van der Waals surface area (Å²) in [6, 6.07) is 10.4. The van der Waals surface area contributed by atoms with Crippen LogP contribution in [0.2, 0.25) is 0 Å². The van der Waals surface area contributed by atoms with Gasteiger partial charge in [0.25, 0.3) is 0 Å². The minimum Gasteiger partial charge on any atom is -0.357 e. The summed E-state index contributed by atoms with van der Waals surface area (Å²) in [4.78, 5) is 5.86. The molecule has 0 atom stereocenters. The zero-order valence-corrected chi connectivity index (χ0v) is 14.5. The van der Waals surface area contributed by atoms with Crippen LogP contribution in [0.5, 0.6) is 0 Å². The van der Waals surface area contributed by atoms with Crippen LogP contribution in [0.15, 0.2) is 46.5 Å². The third kappa shape index (κ3) is 5.94. The highest BCUT2D eigenvalue weighted by molar-refractivity contribution is 7.99. The summed E-state index contributed by atoms with van der Waals surface area (Å²) in [5.41, 5.74) is 0. The molecule has 1 heterocycles.